The molecule has 158 valence electrons. The lowest BCUT2D eigenvalue weighted by atomic mass is 10.0. The summed E-state index contributed by atoms with van der Waals surface area (Å²) >= 11 is 0. The number of carboxylic acids is 1. The Labute approximate surface area is 170 Å². The third-order valence-corrected chi connectivity index (χ3v) is 5.44. The van der Waals surface area contributed by atoms with Crippen LogP contribution in [0.2, 0.25) is 0 Å². The third kappa shape index (κ3) is 3.97. The lowest BCUT2D eigenvalue weighted by Gasteiger charge is -2.27. The number of nitrogens with one attached hydrogen (secondary N) is 1. The molecule has 2 N–H and O–H groups in total. The number of H-pyrrole nitrogens is 1. The van der Waals surface area contributed by atoms with E-state index in [9.17, 15) is 23.1 Å². The fourth-order valence-corrected chi connectivity index (χ4v) is 3.97. The van der Waals surface area contributed by atoms with E-state index in [0.29, 0.717) is 44.0 Å². The molecule has 1 unspecified atom stereocenters. The number of hydrogen-bond donors (Lipinski definition) is 2. The van der Waals surface area contributed by atoms with Gasteiger partial charge in [0.1, 0.15) is 11.9 Å². The number of aromatic nitrogens is 2. The maximum Gasteiger partial charge on any atom is 0.417 e. The monoisotopic (exact) mass is 418 g/mol. The topological polar surface area (TPSA) is 72.5 Å². The van der Waals surface area contributed by atoms with Gasteiger partial charge in [0.15, 0.2) is 0 Å². The summed E-state index contributed by atoms with van der Waals surface area (Å²) in [6.07, 6.45) is -1.17. The van der Waals surface area contributed by atoms with Crippen molar-refractivity contribution in [3.63, 3.8) is 0 Å². The van der Waals surface area contributed by atoms with Gasteiger partial charge in [-0.15, -0.1) is 0 Å². The number of carbonyl (C=O) groups is 1. The van der Waals surface area contributed by atoms with Crippen molar-refractivity contribution in [3.05, 3.63) is 59.9 Å². The van der Waals surface area contributed by atoms with Crippen LogP contribution in [0.25, 0.3) is 10.9 Å². The maximum atomic E-state index is 12.8. The van der Waals surface area contributed by atoms with Crippen LogP contribution in [0.15, 0.2) is 48.8 Å². The molecule has 3 heterocycles. The Kier molecular flexibility index (Phi) is 5.38. The van der Waals surface area contributed by atoms with Crippen LogP contribution in [0.3, 0.4) is 0 Å². The minimum absolute atomic E-state index is 0.458. The van der Waals surface area contributed by atoms with Crippen LogP contribution in [0.4, 0.5) is 19.0 Å². The number of pyridine rings is 1. The highest BCUT2D eigenvalue weighted by molar-refractivity contribution is 5.89. The Balaban J connectivity index is 1.53. The minimum atomic E-state index is -4.42. The molecule has 1 saturated heterocycles. The van der Waals surface area contributed by atoms with Crippen molar-refractivity contribution in [2.45, 2.75) is 18.6 Å². The van der Waals surface area contributed by atoms with E-state index in [1.165, 1.54) is 6.07 Å². The van der Waals surface area contributed by atoms with Crippen molar-refractivity contribution in [2.75, 3.05) is 31.1 Å². The van der Waals surface area contributed by atoms with Gasteiger partial charge >= 0.3 is 12.1 Å². The van der Waals surface area contributed by atoms with Gasteiger partial charge in [-0.05, 0) is 24.6 Å². The van der Waals surface area contributed by atoms with Crippen molar-refractivity contribution in [1.29, 1.82) is 0 Å². The normalized spacial score (nSPS) is 17.1. The van der Waals surface area contributed by atoms with E-state index in [4.69, 9.17) is 0 Å². The van der Waals surface area contributed by atoms with E-state index in [0.717, 1.165) is 23.2 Å². The number of anilines is 1. The van der Waals surface area contributed by atoms with Crippen LogP contribution < -0.4 is 4.90 Å². The second kappa shape index (κ2) is 7.98. The quantitative estimate of drug-likeness (QED) is 0.672. The highest BCUT2D eigenvalue weighted by Gasteiger charge is 2.32. The number of rotatable bonds is 4. The number of carboxylic acid groups (broad SMARTS) is 1. The predicted molar refractivity (Wildman–Crippen MR) is 106 cm³/mol. The molecule has 1 atom stereocenters. The van der Waals surface area contributed by atoms with Crippen molar-refractivity contribution in [1.82, 2.24) is 14.9 Å². The molecule has 9 heteroatoms. The molecule has 0 amide bonds. The first kappa shape index (κ1) is 20.2. The van der Waals surface area contributed by atoms with E-state index < -0.39 is 23.8 Å². The van der Waals surface area contributed by atoms with Crippen LogP contribution in [0, 0.1) is 0 Å². The maximum absolute atomic E-state index is 12.8. The molecule has 2 aromatic heterocycles. The summed E-state index contributed by atoms with van der Waals surface area (Å²) in [5.41, 5.74) is 0.802. The molecule has 4 rings (SSSR count). The Bertz CT molecular complexity index is 1030. The summed E-state index contributed by atoms with van der Waals surface area (Å²) in [5, 5.41) is 10.8. The standard InChI is InChI=1S/C21H21F3N4O2/c22-21(23,24)14-6-7-18(26-12-14)27-8-3-9-28(11-10-27)19(20(29)30)16-13-25-17-5-2-1-4-15(16)17/h1-2,4-7,12-13,19,25H,3,8-11H2,(H,29,30). The van der Waals surface area contributed by atoms with Gasteiger partial charge in [0.05, 0.1) is 5.56 Å². The zero-order valence-corrected chi connectivity index (χ0v) is 16.1. The average molecular weight is 418 g/mol. The summed E-state index contributed by atoms with van der Waals surface area (Å²) in [6, 6.07) is 9.15. The Morgan fingerprint density at radius 1 is 1.10 bits per heavy atom. The van der Waals surface area contributed by atoms with Gasteiger partial charge in [-0.3, -0.25) is 9.69 Å². The molecule has 1 aromatic carbocycles. The zero-order chi connectivity index (χ0) is 21.3. The van der Waals surface area contributed by atoms with Gasteiger partial charge in [-0.2, -0.15) is 13.2 Å². The number of nitrogens with zero attached hydrogens (tertiary/aromatic N) is 3. The van der Waals surface area contributed by atoms with Gasteiger partial charge in [0.25, 0.3) is 0 Å². The van der Waals surface area contributed by atoms with Crippen molar-refractivity contribution < 1.29 is 23.1 Å². The average Bonchev–Trinajstić information content (AvgIpc) is 2.97. The van der Waals surface area contributed by atoms with E-state index in [-0.39, 0.29) is 0 Å². The highest BCUT2D eigenvalue weighted by Crippen LogP contribution is 2.31. The number of alkyl halides is 3. The van der Waals surface area contributed by atoms with E-state index in [1.807, 2.05) is 34.1 Å². The molecule has 0 aliphatic carbocycles. The number of benzene rings is 1. The van der Waals surface area contributed by atoms with Crippen LogP contribution in [-0.4, -0.2) is 52.1 Å². The van der Waals surface area contributed by atoms with Crippen LogP contribution in [0.5, 0.6) is 0 Å². The molecule has 0 saturated carbocycles. The van der Waals surface area contributed by atoms with E-state index in [2.05, 4.69) is 9.97 Å². The molecule has 1 aliphatic rings. The molecule has 1 fully saturated rings. The molecule has 1 aliphatic heterocycles. The third-order valence-electron chi connectivity index (χ3n) is 5.44. The zero-order valence-electron chi connectivity index (χ0n) is 16.1. The highest BCUT2D eigenvalue weighted by atomic mass is 19.4. The smallest absolute Gasteiger partial charge is 0.417 e. The Hall–Kier alpha value is -3.07. The van der Waals surface area contributed by atoms with Gasteiger partial charge in [0, 0.05) is 55.0 Å². The Morgan fingerprint density at radius 2 is 1.90 bits per heavy atom. The van der Waals surface area contributed by atoms with Crippen LogP contribution >= 0.6 is 0 Å². The largest absolute Gasteiger partial charge is 0.480 e. The Morgan fingerprint density at radius 3 is 2.60 bits per heavy atom. The fraction of sp³-hybridized carbons (Fsp3) is 0.333. The number of para-hydroxylation sites is 1. The van der Waals surface area contributed by atoms with E-state index in [1.54, 1.807) is 6.20 Å². The van der Waals surface area contributed by atoms with E-state index >= 15 is 0 Å². The second-order valence-electron chi connectivity index (χ2n) is 7.31. The molecule has 0 bridgehead atoms. The van der Waals surface area contributed by atoms with Gasteiger partial charge < -0.3 is 15.0 Å². The van der Waals surface area contributed by atoms with Crippen molar-refractivity contribution in [2.24, 2.45) is 0 Å². The number of fused-ring (bicyclic) bond motifs is 1. The molecule has 30 heavy (non-hydrogen) atoms. The first-order valence-electron chi connectivity index (χ1n) is 9.65. The molecular formula is C21H21F3N4O2. The van der Waals surface area contributed by atoms with Crippen LogP contribution in [-0.2, 0) is 11.0 Å². The summed E-state index contributed by atoms with van der Waals surface area (Å²) in [4.78, 5) is 23.1. The SMILES string of the molecule is O=C(O)C(c1c[nH]c2ccccc12)N1CCCN(c2ccc(C(F)(F)F)cn2)CC1. The second-order valence-corrected chi connectivity index (χ2v) is 7.31. The molecule has 6 nitrogen and oxygen atoms in total. The first-order valence-corrected chi connectivity index (χ1v) is 9.65. The van der Waals surface area contributed by atoms with Gasteiger partial charge in [-0.1, -0.05) is 18.2 Å². The molecular weight excluding hydrogens is 397 g/mol. The fourth-order valence-electron chi connectivity index (χ4n) is 3.97. The number of halogens is 3. The van der Waals surface area contributed by atoms with Gasteiger partial charge in [-0.25, -0.2) is 4.98 Å². The summed E-state index contributed by atoms with van der Waals surface area (Å²) in [5.74, 6) is -0.468. The predicted octanol–water partition coefficient (Wildman–Crippen LogP) is 3.92. The minimum Gasteiger partial charge on any atom is -0.480 e. The summed E-state index contributed by atoms with van der Waals surface area (Å²) in [6.45, 7) is 2.09. The van der Waals surface area contributed by atoms with Crippen LogP contribution in [0.1, 0.15) is 23.6 Å². The lowest BCUT2D eigenvalue weighted by molar-refractivity contribution is -0.143. The van der Waals surface area contributed by atoms with Gasteiger partial charge in [0.2, 0.25) is 0 Å². The summed E-state index contributed by atoms with van der Waals surface area (Å²) in [7, 11) is 0. The molecule has 0 radical (unpaired) electrons. The first-order chi connectivity index (χ1) is 14.3. The number of hydrogen-bond acceptors (Lipinski definition) is 4. The number of aliphatic carboxylic acids is 1. The number of aromatic amines is 1. The molecule has 0 spiro atoms. The van der Waals surface area contributed by atoms with Crippen molar-refractivity contribution >= 4 is 22.7 Å². The molecule has 3 aromatic rings. The van der Waals surface area contributed by atoms with Crippen molar-refractivity contribution in [3.8, 4) is 0 Å². The lowest BCUT2D eigenvalue weighted by Crippen LogP contribution is -2.37. The summed E-state index contributed by atoms with van der Waals surface area (Å²) < 4.78 is 38.3.